The van der Waals surface area contributed by atoms with Crippen molar-refractivity contribution in [1.29, 1.82) is 0 Å². The largest absolute Gasteiger partial charge is 0.456 e. The van der Waals surface area contributed by atoms with Gasteiger partial charge in [-0.15, -0.1) is 0 Å². The van der Waals surface area contributed by atoms with E-state index < -0.39 is 0 Å². The molecule has 3 heterocycles. The van der Waals surface area contributed by atoms with Crippen LogP contribution in [-0.2, 0) is 0 Å². The Bertz CT molecular complexity index is 3280. The van der Waals surface area contributed by atoms with Crippen molar-refractivity contribution in [2.45, 2.75) is 0 Å². The lowest BCUT2D eigenvalue weighted by atomic mass is 9.97. The first-order valence-corrected chi connectivity index (χ1v) is 18.2. The van der Waals surface area contributed by atoms with Gasteiger partial charge in [0, 0.05) is 33.0 Å². The molecular weight excluding hydrogens is 675 g/mol. The van der Waals surface area contributed by atoms with Gasteiger partial charge in [-0.2, -0.15) is 0 Å². The van der Waals surface area contributed by atoms with E-state index in [2.05, 4.69) is 121 Å². The smallest absolute Gasteiger partial charge is 0.164 e. The highest BCUT2D eigenvalue weighted by Gasteiger charge is 2.20. The van der Waals surface area contributed by atoms with Crippen LogP contribution in [0.5, 0.6) is 0 Å². The number of rotatable bonds is 5. The van der Waals surface area contributed by atoms with Gasteiger partial charge in [-0.3, -0.25) is 4.98 Å². The Labute approximate surface area is 315 Å². The number of hydrogen-bond donors (Lipinski definition) is 0. The molecule has 11 rings (SSSR count). The summed E-state index contributed by atoms with van der Waals surface area (Å²) >= 11 is 0. The minimum absolute atomic E-state index is 0.570. The van der Waals surface area contributed by atoms with E-state index in [0.717, 1.165) is 93.6 Å². The molecule has 0 bridgehead atoms. The summed E-state index contributed by atoms with van der Waals surface area (Å²) in [6.07, 6.45) is 1.85. The maximum atomic E-state index is 6.47. The Morgan fingerprint density at radius 3 is 1.84 bits per heavy atom. The van der Waals surface area contributed by atoms with Crippen molar-refractivity contribution in [3.05, 3.63) is 176 Å². The lowest BCUT2D eigenvalue weighted by molar-refractivity contribution is 0.669. The molecule has 6 nitrogen and oxygen atoms in total. The fraction of sp³-hybridized carbons (Fsp3) is 0. The van der Waals surface area contributed by atoms with Gasteiger partial charge >= 0.3 is 0 Å². The van der Waals surface area contributed by atoms with E-state index >= 15 is 0 Å². The van der Waals surface area contributed by atoms with Crippen LogP contribution in [0.1, 0.15) is 0 Å². The fourth-order valence-electron chi connectivity index (χ4n) is 7.73. The fourth-order valence-corrected chi connectivity index (χ4v) is 7.73. The Hall–Kier alpha value is -7.57. The molecule has 0 saturated heterocycles. The zero-order chi connectivity index (χ0) is 36.3. The number of nitrogens with zero attached hydrogens (tertiary/aromatic N) is 5. The summed E-state index contributed by atoms with van der Waals surface area (Å²) in [6, 6.07) is 58.0. The third-order valence-corrected chi connectivity index (χ3v) is 10.4. The van der Waals surface area contributed by atoms with Crippen LogP contribution in [-0.4, -0.2) is 24.9 Å². The molecule has 55 heavy (non-hydrogen) atoms. The summed E-state index contributed by atoms with van der Waals surface area (Å²) < 4.78 is 6.47. The SMILES string of the molecule is c1ccc(-c2cccc(-c3nc(-c4cccc5c(-c6cnc7ccccc7n6)cccc45)nc(-c4cccc5oc6cc7ccccc7cc6c45)n3)c2)cc1. The van der Waals surface area contributed by atoms with Crippen LogP contribution in [0.4, 0.5) is 0 Å². The molecule has 0 atom stereocenters. The van der Waals surface area contributed by atoms with Crippen LogP contribution in [0.25, 0.3) is 111 Å². The van der Waals surface area contributed by atoms with Gasteiger partial charge in [0.2, 0.25) is 0 Å². The van der Waals surface area contributed by atoms with E-state index in [4.69, 9.17) is 29.3 Å². The van der Waals surface area contributed by atoms with Gasteiger partial charge in [-0.1, -0.05) is 133 Å². The molecule has 8 aromatic carbocycles. The van der Waals surface area contributed by atoms with E-state index in [1.165, 1.54) is 0 Å². The van der Waals surface area contributed by atoms with Crippen LogP contribution < -0.4 is 0 Å². The van der Waals surface area contributed by atoms with Crippen molar-refractivity contribution >= 4 is 54.5 Å². The lowest BCUT2D eigenvalue weighted by Crippen LogP contribution is -2.01. The van der Waals surface area contributed by atoms with Crippen molar-refractivity contribution in [2.75, 3.05) is 0 Å². The van der Waals surface area contributed by atoms with Crippen molar-refractivity contribution in [3.63, 3.8) is 0 Å². The highest BCUT2D eigenvalue weighted by atomic mass is 16.3. The maximum Gasteiger partial charge on any atom is 0.164 e. The molecule has 0 radical (unpaired) electrons. The minimum Gasteiger partial charge on any atom is -0.456 e. The van der Waals surface area contributed by atoms with Crippen molar-refractivity contribution in [1.82, 2.24) is 24.9 Å². The summed E-state index contributed by atoms with van der Waals surface area (Å²) in [6.45, 7) is 0. The average Bonchev–Trinajstić information content (AvgIpc) is 3.62. The molecule has 3 aromatic heterocycles. The number of fused-ring (bicyclic) bond motifs is 6. The zero-order valence-electron chi connectivity index (χ0n) is 29.4. The Balaban J connectivity index is 1.15. The number of para-hydroxylation sites is 2. The van der Waals surface area contributed by atoms with Gasteiger partial charge < -0.3 is 4.42 Å². The Kier molecular flexibility index (Phi) is 7.07. The number of benzene rings is 8. The summed E-state index contributed by atoms with van der Waals surface area (Å²) in [4.78, 5) is 25.4. The van der Waals surface area contributed by atoms with Gasteiger partial charge in [0.1, 0.15) is 11.2 Å². The Morgan fingerprint density at radius 2 is 0.982 bits per heavy atom. The third-order valence-electron chi connectivity index (χ3n) is 10.4. The summed E-state index contributed by atoms with van der Waals surface area (Å²) in [7, 11) is 0. The molecule has 256 valence electrons. The quantitative estimate of drug-likeness (QED) is 0.178. The molecule has 0 spiro atoms. The van der Waals surface area contributed by atoms with E-state index in [1.54, 1.807) is 0 Å². The van der Waals surface area contributed by atoms with Gasteiger partial charge in [0.05, 0.1) is 22.9 Å². The van der Waals surface area contributed by atoms with E-state index in [0.29, 0.717) is 17.5 Å². The van der Waals surface area contributed by atoms with E-state index in [-0.39, 0.29) is 0 Å². The lowest BCUT2D eigenvalue weighted by Gasteiger charge is -2.13. The molecule has 11 aromatic rings. The topological polar surface area (TPSA) is 77.6 Å². The second-order valence-corrected chi connectivity index (χ2v) is 13.7. The highest BCUT2D eigenvalue weighted by Crippen LogP contribution is 2.40. The second-order valence-electron chi connectivity index (χ2n) is 13.7. The first-order chi connectivity index (χ1) is 27.2. The predicted octanol–water partition coefficient (Wildman–Crippen LogP) is 12.4. The second kappa shape index (κ2) is 12.5. The molecular formula is C49H29N5O. The van der Waals surface area contributed by atoms with E-state index in [1.807, 2.05) is 54.7 Å². The molecule has 0 aliphatic heterocycles. The van der Waals surface area contributed by atoms with Crippen molar-refractivity contribution < 1.29 is 4.42 Å². The van der Waals surface area contributed by atoms with Gasteiger partial charge in [0.25, 0.3) is 0 Å². The third kappa shape index (κ3) is 5.31. The van der Waals surface area contributed by atoms with E-state index in [9.17, 15) is 0 Å². The molecule has 6 heteroatoms. The normalized spacial score (nSPS) is 11.6. The number of furan rings is 1. The number of aromatic nitrogens is 5. The predicted molar refractivity (Wildman–Crippen MR) is 222 cm³/mol. The van der Waals surface area contributed by atoms with Crippen molar-refractivity contribution in [3.8, 4) is 56.5 Å². The zero-order valence-corrected chi connectivity index (χ0v) is 29.4. The maximum absolute atomic E-state index is 6.47. The molecule has 0 saturated carbocycles. The van der Waals surface area contributed by atoms with Crippen LogP contribution >= 0.6 is 0 Å². The minimum atomic E-state index is 0.570. The van der Waals surface area contributed by atoms with Crippen molar-refractivity contribution in [2.24, 2.45) is 0 Å². The molecule has 0 aliphatic carbocycles. The standard InChI is InChI=1S/C49H29N5O/c1-2-12-30(13-3-1)31-16-8-17-34(26-31)47-52-48(38-21-10-18-35-36(38)19-9-20-37(35)43-29-50-41-23-6-7-24-42(41)51-43)54-49(53-47)39-22-11-25-44-46(39)40-27-32-14-4-5-15-33(32)28-45(40)55-44/h1-29H. The summed E-state index contributed by atoms with van der Waals surface area (Å²) in [5, 5.41) is 6.31. The average molecular weight is 704 g/mol. The summed E-state index contributed by atoms with van der Waals surface area (Å²) in [5.41, 5.74) is 10.0. The van der Waals surface area contributed by atoms with Crippen LogP contribution in [0, 0.1) is 0 Å². The molecule has 0 aliphatic rings. The van der Waals surface area contributed by atoms with Crippen LogP contribution in [0.3, 0.4) is 0 Å². The van der Waals surface area contributed by atoms with Gasteiger partial charge in [0.15, 0.2) is 17.5 Å². The number of hydrogen-bond acceptors (Lipinski definition) is 6. The molecule has 0 fully saturated rings. The van der Waals surface area contributed by atoms with Gasteiger partial charge in [-0.05, 0) is 69.1 Å². The summed E-state index contributed by atoms with van der Waals surface area (Å²) in [5.74, 6) is 1.73. The van der Waals surface area contributed by atoms with Crippen LogP contribution in [0.15, 0.2) is 180 Å². The molecule has 0 N–H and O–H groups in total. The first kappa shape index (κ1) is 31.0. The Morgan fingerprint density at radius 1 is 0.364 bits per heavy atom. The highest BCUT2D eigenvalue weighted by molar-refractivity contribution is 6.15. The van der Waals surface area contributed by atoms with Crippen LogP contribution in [0.2, 0.25) is 0 Å². The van der Waals surface area contributed by atoms with Gasteiger partial charge in [-0.25, -0.2) is 19.9 Å². The molecule has 0 unspecified atom stereocenters. The molecule has 0 amide bonds. The monoisotopic (exact) mass is 703 g/mol. The first-order valence-electron chi connectivity index (χ1n) is 18.2.